The van der Waals surface area contributed by atoms with Crippen molar-refractivity contribution < 1.29 is 21.6 Å². The lowest BCUT2D eigenvalue weighted by molar-refractivity contribution is -0.137. The predicted octanol–water partition coefficient (Wildman–Crippen LogP) is 5.95. The molecule has 0 amide bonds. The molecule has 206 valence electrons. The summed E-state index contributed by atoms with van der Waals surface area (Å²) < 4.78 is 67.0. The van der Waals surface area contributed by atoms with Gasteiger partial charge in [0.1, 0.15) is 10.7 Å². The molecule has 1 aliphatic rings. The quantitative estimate of drug-likeness (QED) is 0.331. The first-order valence-corrected chi connectivity index (χ1v) is 14.4. The third kappa shape index (κ3) is 6.68. The van der Waals surface area contributed by atoms with Crippen LogP contribution in [0.3, 0.4) is 0 Å². The number of para-hydroxylation sites is 1. The largest absolute Gasteiger partial charge is 0.416 e. The van der Waals surface area contributed by atoms with Gasteiger partial charge in [-0.3, -0.25) is 0 Å². The van der Waals surface area contributed by atoms with Crippen LogP contribution in [0.25, 0.3) is 10.9 Å². The van der Waals surface area contributed by atoms with E-state index in [2.05, 4.69) is 26.8 Å². The van der Waals surface area contributed by atoms with Gasteiger partial charge in [0.15, 0.2) is 0 Å². The van der Waals surface area contributed by atoms with Gasteiger partial charge in [-0.15, -0.1) is 0 Å². The van der Waals surface area contributed by atoms with Crippen LogP contribution in [0.5, 0.6) is 0 Å². The molecule has 3 aromatic rings. The van der Waals surface area contributed by atoms with Gasteiger partial charge >= 0.3 is 6.18 Å². The zero-order valence-corrected chi connectivity index (χ0v) is 22.8. The van der Waals surface area contributed by atoms with E-state index in [-0.39, 0.29) is 17.5 Å². The lowest BCUT2D eigenvalue weighted by Crippen LogP contribution is -2.32. The lowest BCUT2D eigenvalue weighted by atomic mass is 9.82. The van der Waals surface area contributed by atoms with Crippen LogP contribution in [0.2, 0.25) is 5.02 Å². The number of hydrogen-bond acceptors (Lipinski definition) is 6. The summed E-state index contributed by atoms with van der Waals surface area (Å²) >= 11 is 5.92. The third-order valence-corrected chi connectivity index (χ3v) is 8.95. The van der Waals surface area contributed by atoms with Gasteiger partial charge in [0, 0.05) is 32.1 Å². The van der Waals surface area contributed by atoms with Crippen LogP contribution in [0.4, 0.5) is 24.9 Å². The Balaban J connectivity index is 1.32. The molecular formula is C26H31ClF3N5O2S. The summed E-state index contributed by atoms with van der Waals surface area (Å²) in [5, 5.41) is 4.13. The van der Waals surface area contributed by atoms with E-state index in [9.17, 15) is 21.6 Å². The number of aromatic nitrogens is 2. The minimum absolute atomic E-state index is 0.0901. The molecule has 1 aromatic heterocycles. The van der Waals surface area contributed by atoms with E-state index in [1.807, 2.05) is 31.3 Å². The fraction of sp³-hybridized carbons (Fsp3) is 0.462. The Bertz CT molecular complexity index is 1380. The van der Waals surface area contributed by atoms with Gasteiger partial charge in [-0.05, 0) is 74.8 Å². The topological polar surface area (TPSA) is 87.2 Å². The Hall–Kier alpha value is -2.63. The number of fused-ring (bicyclic) bond motifs is 1. The van der Waals surface area contributed by atoms with Crippen molar-refractivity contribution >= 4 is 44.3 Å². The number of halogens is 4. The molecule has 0 saturated heterocycles. The highest BCUT2D eigenvalue weighted by Crippen LogP contribution is 2.34. The van der Waals surface area contributed by atoms with E-state index >= 15 is 0 Å². The number of sulfonamides is 1. The molecule has 0 bridgehead atoms. The maximum atomic E-state index is 13.0. The summed E-state index contributed by atoms with van der Waals surface area (Å²) in [6.45, 7) is 3.73. The maximum Gasteiger partial charge on any atom is 0.416 e. The molecule has 0 spiro atoms. The van der Waals surface area contributed by atoms with Crippen LogP contribution in [-0.2, 0) is 16.2 Å². The van der Waals surface area contributed by atoms with E-state index in [1.165, 1.54) is 0 Å². The summed E-state index contributed by atoms with van der Waals surface area (Å²) in [4.78, 5) is 10.9. The Kier molecular flexibility index (Phi) is 8.68. The fourth-order valence-electron chi connectivity index (χ4n) is 4.65. The Labute approximate surface area is 225 Å². The van der Waals surface area contributed by atoms with Crippen LogP contribution >= 0.6 is 11.6 Å². The molecule has 2 aromatic carbocycles. The van der Waals surface area contributed by atoms with Gasteiger partial charge in [-0.1, -0.05) is 23.7 Å². The maximum absolute atomic E-state index is 13.0. The van der Waals surface area contributed by atoms with Crippen LogP contribution in [-0.4, -0.2) is 45.1 Å². The van der Waals surface area contributed by atoms with E-state index in [1.54, 1.807) is 0 Å². The Morgan fingerprint density at radius 3 is 2.34 bits per heavy atom. The average Bonchev–Trinajstić information content (AvgIpc) is 2.90. The molecule has 2 N–H and O–H groups in total. The molecule has 1 saturated carbocycles. The minimum Gasteiger partial charge on any atom is -0.359 e. The van der Waals surface area contributed by atoms with Gasteiger partial charge in [0.25, 0.3) is 0 Å². The third-order valence-electron chi connectivity index (χ3n) is 7.04. The summed E-state index contributed by atoms with van der Waals surface area (Å²) in [6, 6.07) is 10.2. The highest BCUT2D eigenvalue weighted by molar-refractivity contribution is 7.89. The smallest absolute Gasteiger partial charge is 0.359 e. The number of anilines is 2. The summed E-state index contributed by atoms with van der Waals surface area (Å²) in [5.74, 6) is 1.92. The summed E-state index contributed by atoms with van der Waals surface area (Å²) in [5.41, 5.74) is -0.184. The molecule has 1 heterocycles. The molecule has 7 nitrogen and oxygen atoms in total. The molecule has 1 fully saturated rings. The molecule has 0 atom stereocenters. The number of alkyl halides is 3. The molecule has 4 rings (SSSR count). The van der Waals surface area contributed by atoms with Gasteiger partial charge in [-0.2, -0.15) is 18.2 Å². The van der Waals surface area contributed by atoms with Crippen molar-refractivity contribution in [2.75, 3.05) is 36.9 Å². The van der Waals surface area contributed by atoms with Crippen molar-refractivity contribution in [2.45, 2.75) is 43.7 Å². The highest BCUT2D eigenvalue weighted by Gasteiger charge is 2.33. The monoisotopic (exact) mass is 569 g/mol. The van der Waals surface area contributed by atoms with Crippen LogP contribution < -0.4 is 14.9 Å². The zero-order chi connectivity index (χ0) is 27.5. The molecule has 0 radical (unpaired) electrons. The predicted molar refractivity (Wildman–Crippen MR) is 144 cm³/mol. The SMILES string of the molecule is CCN(C)c1nc(NCC2CCC(CNS(=O)(=O)c3cc(C(F)(F)F)ccc3Cl)CC2)nc2ccccc12. The van der Waals surface area contributed by atoms with Crippen molar-refractivity contribution in [3.63, 3.8) is 0 Å². The van der Waals surface area contributed by atoms with Crippen molar-refractivity contribution in [1.82, 2.24) is 14.7 Å². The first-order chi connectivity index (χ1) is 18.0. The number of nitrogens with zero attached hydrogens (tertiary/aromatic N) is 3. The highest BCUT2D eigenvalue weighted by atomic mass is 35.5. The van der Waals surface area contributed by atoms with E-state index in [0.717, 1.165) is 61.1 Å². The summed E-state index contributed by atoms with van der Waals surface area (Å²) in [6.07, 6.45) is -1.29. The van der Waals surface area contributed by atoms with Gasteiger partial charge in [0.05, 0.1) is 16.1 Å². The van der Waals surface area contributed by atoms with Crippen LogP contribution in [0.1, 0.15) is 38.2 Å². The van der Waals surface area contributed by atoms with Crippen molar-refractivity contribution in [3.05, 3.63) is 53.1 Å². The molecule has 0 aliphatic heterocycles. The fourth-order valence-corrected chi connectivity index (χ4v) is 6.29. The van der Waals surface area contributed by atoms with Crippen molar-refractivity contribution in [1.29, 1.82) is 0 Å². The molecule has 38 heavy (non-hydrogen) atoms. The average molecular weight is 570 g/mol. The second-order valence-corrected chi connectivity index (χ2v) is 11.8. The van der Waals surface area contributed by atoms with Crippen LogP contribution in [0.15, 0.2) is 47.4 Å². The van der Waals surface area contributed by atoms with Crippen molar-refractivity contribution in [2.24, 2.45) is 11.8 Å². The normalized spacial score (nSPS) is 18.5. The number of rotatable bonds is 9. The molecular weight excluding hydrogens is 539 g/mol. The van der Waals surface area contributed by atoms with Gasteiger partial charge in [-0.25, -0.2) is 18.1 Å². The van der Waals surface area contributed by atoms with Gasteiger partial charge in [0.2, 0.25) is 16.0 Å². The van der Waals surface area contributed by atoms with E-state index < -0.39 is 26.7 Å². The first-order valence-electron chi connectivity index (χ1n) is 12.6. The van der Waals surface area contributed by atoms with Crippen molar-refractivity contribution in [3.8, 4) is 0 Å². The second-order valence-electron chi connectivity index (χ2n) is 9.66. The number of nitrogens with one attached hydrogen (secondary N) is 2. The molecule has 1 aliphatic carbocycles. The Morgan fingerprint density at radius 1 is 1.03 bits per heavy atom. The second kappa shape index (κ2) is 11.6. The first kappa shape index (κ1) is 28.4. The van der Waals surface area contributed by atoms with E-state index in [4.69, 9.17) is 16.6 Å². The summed E-state index contributed by atoms with van der Waals surface area (Å²) in [7, 11) is -2.18. The lowest BCUT2D eigenvalue weighted by Gasteiger charge is -2.29. The minimum atomic E-state index is -4.66. The molecule has 0 unspecified atom stereocenters. The van der Waals surface area contributed by atoms with Gasteiger partial charge < -0.3 is 10.2 Å². The zero-order valence-electron chi connectivity index (χ0n) is 21.2. The Morgan fingerprint density at radius 2 is 1.68 bits per heavy atom. The van der Waals surface area contributed by atoms with Crippen LogP contribution in [0, 0.1) is 11.8 Å². The standard InChI is InChI=1S/C26H31ClF3N5O2S/c1-3-35(2)24-20-6-4-5-7-22(20)33-25(34-24)31-15-17-8-10-18(11-9-17)16-32-38(36,37)23-14-19(26(28,29)30)12-13-21(23)27/h4-7,12-14,17-18,32H,3,8-11,15-16H2,1-2H3,(H,31,33,34). The number of benzene rings is 2. The molecule has 12 heteroatoms. The number of hydrogen-bond donors (Lipinski definition) is 2. The van der Waals surface area contributed by atoms with E-state index in [0.29, 0.717) is 24.5 Å².